The van der Waals surface area contributed by atoms with E-state index in [-0.39, 0.29) is 28.8 Å². The summed E-state index contributed by atoms with van der Waals surface area (Å²) in [7, 11) is -2.73. The van der Waals surface area contributed by atoms with E-state index in [0.717, 1.165) is 5.69 Å². The Kier molecular flexibility index (Phi) is 9.85. The Morgan fingerprint density at radius 3 is 2.23 bits per heavy atom. The monoisotopic (exact) mass is 675 g/mol. The second-order valence-corrected chi connectivity index (χ2v) is 13.9. The molecule has 0 N–H and O–H groups in total. The van der Waals surface area contributed by atoms with E-state index >= 15 is 0 Å². The van der Waals surface area contributed by atoms with Crippen molar-refractivity contribution in [3.8, 4) is 5.75 Å². The maximum absolute atomic E-state index is 14.0. The van der Waals surface area contributed by atoms with Crippen molar-refractivity contribution in [1.82, 2.24) is 14.8 Å². The summed E-state index contributed by atoms with van der Waals surface area (Å²) < 4.78 is 37.3. The van der Waals surface area contributed by atoms with E-state index in [1.165, 1.54) is 42.4 Å². The number of nitro benzene ring substituents is 1. The minimum Gasteiger partial charge on any atom is -0.444 e. The number of ether oxygens (including phenoxy) is 1. The van der Waals surface area contributed by atoms with Crippen LogP contribution >= 0.6 is 0 Å². The number of rotatable bonds is 9. The number of piperazine rings is 1. The van der Waals surface area contributed by atoms with Crippen molar-refractivity contribution >= 4 is 44.3 Å². The first-order valence-corrected chi connectivity index (χ1v) is 16.7. The number of benzene rings is 3. The van der Waals surface area contributed by atoms with Crippen molar-refractivity contribution in [2.24, 2.45) is 0 Å². The van der Waals surface area contributed by atoms with Gasteiger partial charge in [-0.15, -0.1) is 0 Å². The van der Waals surface area contributed by atoms with Crippen LogP contribution in [0.5, 0.6) is 5.75 Å². The predicted molar refractivity (Wildman–Crippen MR) is 179 cm³/mol. The fraction of sp³-hybridized carbons (Fsp3) is 0.324. The molecule has 2 amide bonds. The van der Waals surface area contributed by atoms with Crippen LogP contribution in [0.3, 0.4) is 0 Å². The van der Waals surface area contributed by atoms with Crippen molar-refractivity contribution in [3.05, 3.63) is 101 Å². The average molecular weight is 676 g/mol. The second kappa shape index (κ2) is 13.9. The highest BCUT2D eigenvalue weighted by molar-refractivity contribution is 7.87. The molecular weight excluding hydrogens is 638 g/mol. The third-order valence-corrected chi connectivity index (χ3v) is 9.09. The lowest BCUT2D eigenvalue weighted by molar-refractivity contribution is -0.384. The predicted octanol–water partition coefficient (Wildman–Crippen LogP) is 5.04. The molecule has 1 fully saturated rings. The number of pyridine rings is 1. The molecule has 1 aliphatic rings. The summed E-state index contributed by atoms with van der Waals surface area (Å²) in [6.07, 6.45) is 0.893. The Balaban J connectivity index is 1.30. The van der Waals surface area contributed by atoms with Gasteiger partial charge in [0.2, 0.25) is 10.9 Å². The van der Waals surface area contributed by atoms with E-state index in [2.05, 4.69) is 4.98 Å². The number of amides is 2. The lowest BCUT2D eigenvalue weighted by Crippen LogP contribution is -2.56. The number of carbonyl (C=O) groups excluding carboxylic acids is 2. The topological polar surface area (TPSA) is 152 Å². The van der Waals surface area contributed by atoms with Gasteiger partial charge >= 0.3 is 16.2 Å². The number of non-ortho nitro benzene ring substituents is 1. The SMILES string of the molecule is CN(C(=O)OC(C)(C)C)[C@@H](Cc1ccc(OS(=O)(=O)c2nccc3ccccc23)cc1)C(=O)N1CCN(c2ccc([N+](=O)[O-])cc2)CC1. The summed E-state index contributed by atoms with van der Waals surface area (Å²) in [4.78, 5) is 46.7. The van der Waals surface area contributed by atoms with Gasteiger partial charge in [-0.25, -0.2) is 9.78 Å². The number of hydrogen-bond acceptors (Lipinski definition) is 10. The first kappa shape index (κ1) is 34.1. The van der Waals surface area contributed by atoms with E-state index in [1.54, 1.807) is 80.3 Å². The van der Waals surface area contributed by atoms with Gasteiger partial charge in [0.05, 0.1) is 4.92 Å². The normalized spacial score (nSPS) is 14.3. The Bertz CT molecular complexity index is 1900. The minimum absolute atomic E-state index is 0.00336. The van der Waals surface area contributed by atoms with E-state index in [0.29, 0.717) is 42.5 Å². The van der Waals surface area contributed by atoms with E-state index in [9.17, 15) is 28.1 Å². The third kappa shape index (κ3) is 8.00. The molecule has 0 aliphatic carbocycles. The number of anilines is 1. The summed E-state index contributed by atoms with van der Waals surface area (Å²) >= 11 is 0. The molecule has 3 aromatic carbocycles. The van der Waals surface area contributed by atoms with Gasteiger partial charge in [-0.1, -0.05) is 36.4 Å². The number of fused-ring (bicyclic) bond motifs is 1. The van der Waals surface area contributed by atoms with Gasteiger partial charge in [0.15, 0.2) is 0 Å². The van der Waals surface area contributed by atoms with E-state index in [1.807, 2.05) is 4.90 Å². The van der Waals surface area contributed by atoms with Gasteiger partial charge in [0.1, 0.15) is 17.4 Å². The molecule has 14 heteroatoms. The molecule has 0 bridgehead atoms. The lowest BCUT2D eigenvalue weighted by atomic mass is 10.0. The highest BCUT2D eigenvalue weighted by atomic mass is 32.2. The molecular formula is C34H37N5O8S. The quantitative estimate of drug-likeness (QED) is 0.134. The van der Waals surface area contributed by atoms with Gasteiger partial charge in [-0.05, 0) is 62.1 Å². The van der Waals surface area contributed by atoms with Crippen LogP contribution in [0, 0.1) is 10.1 Å². The number of nitrogens with zero attached hydrogens (tertiary/aromatic N) is 5. The summed E-state index contributed by atoms with van der Waals surface area (Å²) in [6, 6.07) is 20.3. The smallest absolute Gasteiger partial charge is 0.410 e. The number of hydrogen-bond donors (Lipinski definition) is 0. The molecule has 5 rings (SSSR count). The molecule has 13 nitrogen and oxygen atoms in total. The molecule has 4 aromatic rings. The Hall–Kier alpha value is -5.24. The Morgan fingerprint density at radius 1 is 0.958 bits per heavy atom. The molecule has 252 valence electrons. The van der Waals surface area contributed by atoms with Crippen LogP contribution < -0.4 is 9.08 Å². The van der Waals surface area contributed by atoms with Crippen molar-refractivity contribution in [2.45, 2.75) is 43.9 Å². The van der Waals surface area contributed by atoms with Crippen LogP contribution in [0.4, 0.5) is 16.2 Å². The zero-order valence-electron chi connectivity index (χ0n) is 27.1. The number of carbonyl (C=O) groups is 2. The van der Waals surface area contributed by atoms with Crippen LogP contribution in [0.1, 0.15) is 26.3 Å². The molecule has 0 spiro atoms. The maximum Gasteiger partial charge on any atom is 0.410 e. The second-order valence-electron chi connectivity index (χ2n) is 12.4. The third-order valence-electron chi connectivity index (χ3n) is 7.88. The van der Waals surface area contributed by atoms with Crippen LogP contribution in [0.15, 0.2) is 90.1 Å². The van der Waals surface area contributed by atoms with Gasteiger partial charge in [0, 0.05) is 69.1 Å². The zero-order valence-corrected chi connectivity index (χ0v) is 27.9. The first-order valence-electron chi connectivity index (χ1n) is 15.3. The molecule has 0 saturated carbocycles. The van der Waals surface area contributed by atoms with Gasteiger partial charge in [-0.2, -0.15) is 8.42 Å². The summed E-state index contributed by atoms with van der Waals surface area (Å²) in [5.74, 6) is -0.198. The van der Waals surface area contributed by atoms with Gasteiger partial charge < -0.3 is 18.7 Å². The first-order chi connectivity index (χ1) is 22.7. The number of aromatic nitrogens is 1. The number of nitro groups is 1. The highest BCUT2D eigenvalue weighted by Gasteiger charge is 2.35. The molecule has 0 unspecified atom stereocenters. The van der Waals surface area contributed by atoms with Gasteiger partial charge in [0.25, 0.3) is 5.69 Å². The van der Waals surface area contributed by atoms with Crippen molar-refractivity contribution in [2.75, 3.05) is 38.1 Å². The molecule has 48 heavy (non-hydrogen) atoms. The Morgan fingerprint density at radius 2 is 1.60 bits per heavy atom. The Labute approximate surface area is 279 Å². The molecule has 1 atom stereocenters. The molecule has 1 aliphatic heterocycles. The minimum atomic E-state index is -4.25. The fourth-order valence-corrected chi connectivity index (χ4v) is 6.48. The van der Waals surface area contributed by atoms with Crippen LogP contribution in [0.2, 0.25) is 0 Å². The van der Waals surface area contributed by atoms with Crippen molar-refractivity contribution < 1.29 is 31.9 Å². The zero-order chi connectivity index (χ0) is 34.6. The highest BCUT2D eigenvalue weighted by Crippen LogP contribution is 2.26. The standard InChI is InChI=1S/C34H37N5O8S/c1-34(2,3)46-33(41)36(4)30(32(40)38-21-19-37(20-22-38)26-11-13-27(14-12-26)39(42)43)23-24-9-15-28(16-10-24)47-48(44,45)31-29-8-6-5-7-25(29)17-18-35-31/h5-18,30H,19-23H2,1-4H3/t30-/m0/s1. The summed E-state index contributed by atoms with van der Waals surface area (Å²) in [6.45, 7) is 6.98. The van der Waals surface area contributed by atoms with Crippen LogP contribution in [0.25, 0.3) is 10.8 Å². The molecule has 1 aromatic heterocycles. The van der Waals surface area contributed by atoms with Crippen molar-refractivity contribution in [1.29, 1.82) is 0 Å². The summed E-state index contributed by atoms with van der Waals surface area (Å²) in [5, 5.41) is 12.0. The summed E-state index contributed by atoms with van der Waals surface area (Å²) in [5.41, 5.74) is 0.708. The lowest BCUT2D eigenvalue weighted by Gasteiger charge is -2.39. The largest absolute Gasteiger partial charge is 0.444 e. The van der Waals surface area contributed by atoms with Gasteiger partial charge in [-0.3, -0.25) is 19.8 Å². The molecule has 2 heterocycles. The van der Waals surface area contributed by atoms with Crippen LogP contribution in [-0.4, -0.2) is 85.0 Å². The molecule has 0 radical (unpaired) electrons. The van der Waals surface area contributed by atoms with Crippen molar-refractivity contribution in [3.63, 3.8) is 0 Å². The maximum atomic E-state index is 14.0. The van der Waals surface area contributed by atoms with E-state index in [4.69, 9.17) is 8.92 Å². The number of likely N-dealkylation sites (N-methyl/N-ethyl adjacent to an activating group) is 1. The van der Waals surface area contributed by atoms with E-state index < -0.39 is 32.8 Å². The molecule has 1 saturated heterocycles. The van der Waals surface area contributed by atoms with Crippen LogP contribution in [-0.2, 0) is 26.1 Å². The average Bonchev–Trinajstić information content (AvgIpc) is 3.06. The fourth-order valence-electron chi connectivity index (χ4n) is 5.39.